The lowest BCUT2D eigenvalue weighted by Gasteiger charge is -2.37. The van der Waals surface area contributed by atoms with Gasteiger partial charge in [-0.05, 0) is 36.4 Å². The maximum atomic E-state index is 12.8. The van der Waals surface area contributed by atoms with Gasteiger partial charge in [-0.25, -0.2) is 13.2 Å². The Bertz CT molecular complexity index is 1090. The van der Waals surface area contributed by atoms with Gasteiger partial charge in [-0.2, -0.15) is 17.5 Å². The minimum absolute atomic E-state index is 0.0162. The van der Waals surface area contributed by atoms with Crippen LogP contribution in [0.1, 0.15) is 12.8 Å². The number of halogens is 4. The van der Waals surface area contributed by atoms with Gasteiger partial charge in [-0.1, -0.05) is 23.7 Å². The number of alkyl halides is 3. The lowest BCUT2D eigenvalue weighted by Crippen LogP contribution is -2.54. The van der Waals surface area contributed by atoms with E-state index in [4.69, 9.17) is 22.1 Å². The van der Waals surface area contributed by atoms with Crippen LogP contribution >= 0.6 is 11.6 Å². The van der Waals surface area contributed by atoms with Crippen molar-refractivity contribution >= 4 is 33.4 Å². The molecule has 13 heteroatoms. The van der Waals surface area contributed by atoms with Crippen molar-refractivity contribution in [1.29, 1.82) is 0 Å². The van der Waals surface area contributed by atoms with Crippen molar-refractivity contribution in [3.05, 3.63) is 53.6 Å². The van der Waals surface area contributed by atoms with E-state index in [1.165, 1.54) is 40.7 Å². The van der Waals surface area contributed by atoms with Crippen LogP contribution in [-0.4, -0.2) is 50.4 Å². The van der Waals surface area contributed by atoms with E-state index in [2.05, 4.69) is 10.1 Å². The van der Waals surface area contributed by atoms with Crippen molar-refractivity contribution in [3.63, 3.8) is 0 Å². The normalized spacial score (nSPS) is 16.8. The molecular formula is C20H21ClF3N3O5S. The summed E-state index contributed by atoms with van der Waals surface area (Å²) >= 11 is 6.01. The molecule has 1 aliphatic heterocycles. The van der Waals surface area contributed by atoms with E-state index in [-0.39, 0.29) is 47.3 Å². The minimum atomic E-state index is -4.46. The van der Waals surface area contributed by atoms with Crippen molar-refractivity contribution in [1.82, 2.24) is 4.31 Å². The Hall–Kier alpha value is -2.54. The first-order valence-corrected chi connectivity index (χ1v) is 11.5. The summed E-state index contributed by atoms with van der Waals surface area (Å²) in [4.78, 5) is 12.2. The summed E-state index contributed by atoms with van der Waals surface area (Å²) in [5.41, 5.74) is 4.99. The quantitative estimate of drug-likeness (QED) is 0.572. The number of anilines is 1. The number of ether oxygens (including phenoxy) is 2. The smallest absolute Gasteiger partial charge is 0.422 e. The number of amides is 1. The monoisotopic (exact) mass is 507 g/mol. The highest BCUT2D eigenvalue weighted by atomic mass is 35.5. The molecule has 1 aliphatic rings. The van der Waals surface area contributed by atoms with Crippen LogP contribution in [0.3, 0.4) is 0 Å². The fourth-order valence-corrected chi connectivity index (χ4v) is 5.06. The number of sulfonamides is 1. The SMILES string of the molecule is NC1(OC(=O)Nc2ccc(OCC(F)(F)F)cc2)CCN(S(=O)(=O)c2ccccc2Cl)CC1. The molecule has 2 aromatic carbocycles. The van der Waals surface area contributed by atoms with E-state index < -0.39 is 34.6 Å². The summed E-state index contributed by atoms with van der Waals surface area (Å²) in [6, 6.07) is 11.3. The van der Waals surface area contributed by atoms with Crippen LogP contribution in [0.5, 0.6) is 5.75 Å². The van der Waals surface area contributed by atoms with Crippen LogP contribution in [-0.2, 0) is 14.8 Å². The Morgan fingerprint density at radius 1 is 1.12 bits per heavy atom. The highest BCUT2D eigenvalue weighted by Crippen LogP contribution is 2.29. The lowest BCUT2D eigenvalue weighted by molar-refractivity contribution is -0.153. The molecular weight excluding hydrogens is 487 g/mol. The molecule has 0 radical (unpaired) electrons. The summed E-state index contributed by atoms with van der Waals surface area (Å²) in [7, 11) is -3.83. The standard InChI is InChI=1S/C20H21ClF3N3O5S/c21-16-3-1-2-4-17(16)33(29,30)27-11-9-19(25,10-12-27)32-18(28)26-14-5-7-15(8-6-14)31-13-20(22,23)24/h1-8H,9-13,25H2,(H,26,28). The Kier molecular flexibility index (Phi) is 7.42. The topological polar surface area (TPSA) is 111 Å². The van der Waals surface area contributed by atoms with Crippen LogP contribution in [0, 0.1) is 0 Å². The summed E-state index contributed by atoms with van der Waals surface area (Å²) in [6.07, 6.45) is -5.25. The highest BCUT2D eigenvalue weighted by molar-refractivity contribution is 7.89. The third-order valence-corrected chi connectivity index (χ3v) is 7.22. The van der Waals surface area contributed by atoms with Crippen LogP contribution in [0.15, 0.2) is 53.4 Å². The zero-order chi connectivity index (χ0) is 24.3. The van der Waals surface area contributed by atoms with Gasteiger partial charge < -0.3 is 9.47 Å². The van der Waals surface area contributed by atoms with Crippen LogP contribution in [0.4, 0.5) is 23.7 Å². The van der Waals surface area contributed by atoms with Crippen molar-refractivity contribution in [2.45, 2.75) is 29.6 Å². The van der Waals surface area contributed by atoms with Crippen LogP contribution < -0.4 is 15.8 Å². The van der Waals surface area contributed by atoms with E-state index in [1.54, 1.807) is 12.1 Å². The average Bonchev–Trinajstić information content (AvgIpc) is 2.73. The number of carbonyl (C=O) groups excluding carboxylic acids is 1. The van der Waals surface area contributed by atoms with Gasteiger partial charge in [-0.15, -0.1) is 0 Å². The van der Waals surface area contributed by atoms with E-state index in [9.17, 15) is 26.4 Å². The van der Waals surface area contributed by atoms with Gasteiger partial charge >= 0.3 is 12.3 Å². The maximum absolute atomic E-state index is 12.8. The van der Waals surface area contributed by atoms with E-state index in [0.717, 1.165) is 0 Å². The average molecular weight is 508 g/mol. The van der Waals surface area contributed by atoms with E-state index >= 15 is 0 Å². The molecule has 1 fully saturated rings. The molecule has 1 amide bonds. The van der Waals surface area contributed by atoms with Crippen molar-refractivity contribution in [3.8, 4) is 5.75 Å². The second-order valence-electron chi connectivity index (χ2n) is 7.34. The van der Waals surface area contributed by atoms with Gasteiger partial charge in [0.25, 0.3) is 0 Å². The Balaban J connectivity index is 1.53. The maximum Gasteiger partial charge on any atom is 0.422 e. The van der Waals surface area contributed by atoms with Crippen LogP contribution in [0.25, 0.3) is 0 Å². The number of rotatable bonds is 6. The molecule has 0 saturated carbocycles. The fraction of sp³-hybridized carbons (Fsp3) is 0.350. The molecule has 180 valence electrons. The van der Waals surface area contributed by atoms with Gasteiger partial charge in [0, 0.05) is 31.6 Å². The second kappa shape index (κ2) is 9.75. The van der Waals surface area contributed by atoms with Crippen LogP contribution in [0.2, 0.25) is 5.02 Å². The molecule has 0 bridgehead atoms. The van der Waals surface area contributed by atoms with Crippen molar-refractivity contribution in [2.75, 3.05) is 25.0 Å². The second-order valence-corrected chi connectivity index (χ2v) is 9.66. The molecule has 3 N–H and O–H groups in total. The summed E-state index contributed by atoms with van der Waals surface area (Å²) in [5.74, 6) is -0.0198. The number of nitrogens with two attached hydrogens (primary N) is 1. The third kappa shape index (κ3) is 6.73. The molecule has 1 heterocycles. The molecule has 0 aliphatic carbocycles. The van der Waals surface area contributed by atoms with Gasteiger partial charge in [0.05, 0.1) is 5.02 Å². The Morgan fingerprint density at radius 3 is 2.30 bits per heavy atom. The molecule has 8 nitrogen and oxygen atoms in total. The number of carbonyl (C=O) groups is 1. The highest BCUT2D eigenvalue weighted by Gasteiger charge is 2.39. The first-order chi connectivity index (χ1) is 15.4. The number of hydrogen-bond acceptors (Lipinski definition) is 6. The molecule has 0 atom stereocenters. The van der Waals surface area contributed by atoms with Gasteiger partial charge in [0.1, 0.15) is 10.6 Å². The largest absolute Gasteiger partial charge is 0.484 e. The fourth-order valence-electron chi connectivity index (χ4n) is 3.13. The molecule has 0 aromatic heterocycles. The molecule has 1 saturated heterocycles. The number of piperidine rings is 1. The lowest BCUT2D eigenvalue weighted by atomic mass is 10.0. The molecule has 0 unspecified atom stereocenters. The van der Waals surface area contributed by atoms with Crippen molar-refractivity contribution in [2.24, 2.45) is 5.73 Å². The summed E-state index contributed by atoms with van der Waals surface area (Å²) < 4.78 is 73.3. The summed E-state index contributed by atoms with van der Waals surface area (Å²) in [6.45, 7) is -1.40. The Morgan fingerprint density at radius 2 is 1.73 bits per heavy atom. The molecule has 0 spiro atoms. The first kappa shape index (κ1) is 25.1. The molecule has 3 rings (SSSR count). The molecule has 2 aromatic rings. The van der Waals surface area contributed by atoms with Gasteiger partial charge in [-0.3, -0.25) is 11.1 Å². The van der Waals surface area contributed by atoms with Gasteiger partial charge in [0.15, 0.2) is 12.3 Å². The first-order valence-electron chi connectivity index (χ1n) is 9.71. The number of benzene rings is 2. The predicted octanol–water partition coefficient (Wildman–Crippen LogP) is 3.97. The molecule has 33 heavy (non-hydrogen) atoms. The minimum Gasteiger partial charge on any atom is -0.484 e. The zero-order valence-electron chi connectivity index (χ0n) is 17.1. The van der Waals surface area contributed by atoms with Gasteiger partial charge in [0.2, 0.25) is 10.0 Å². The predicted molar refractivity (Wildman–Crippen MR) is 114 cm³/mol. The van der Waals surface area contributed by atoms with E-state index in [0.29, 0.717) is 0 Å². The van der Waals surface area contributed by atoms with E-state index in [1.807, 2.05) is 0 Å². The zero-order valence-corrected chi connectivity index (χ0v) is 18.7. The summed E-state index contributed by atoms with van der Waals surface area (Å²) in [5, 5.41) is 2.52. The Labute approximate surface area is 193 Å². The van der Waals surface area contributed by atoms with Crippen molar-refractivity contribution < 1.29 is 35.9 Å². The number of nitrogens with zero attached hydrogens (tertiary/aromatic N) is 1. The third-order valence-electron chi connectivity index (χ3n) is 4.82. The number of hydrogen-bond donors (Lipinski definition) is 2. The number of nitrogens with one attached hydrogen (secondary N) is 1.